The van der Waals surface area contributed by atoms with Crippen LogP contribution in [0.4, 0.5) is 10.2 Å². The molecule has 0 unspecified atom stereocenters. The first kappa shape index (κ1) is 18.6. The fourth-order valence-corrected chi connectivity index (χ4v) is 4.04. The first-order valence-corrected chi connectivity index (χ1v) is 10.3. The van der Waals surface area contributed by atoms with Gasteiger partial charge in [-0.15, -0.1) is 0 Å². The summed E-state index contributed by atoms with van der Waals surface area (Å²) < 4.78 is 20.5. The van der Waals surface area contributed by atoms with Crippen LogP contribution in [0, 0.1) is 5.82 Å². The predicted octanol–water partition coefficient (Wildman–Crippen LogP) is 5.03. The summed E-state index contributed by atoms with van der Waals surface area (Å²) in [6, 6.07) is 16.5. The van der Waals surface area contributed by atoms with Gasteiger partial charge in [-0.3, -0.25) is 0 Å². The second-order valence-corrected chi connectivity index (χ2v) is 7.60. The summed E-state index contributed by atoms with van der Waals surface area (Å²) in [6.07, 6.45) is 4.27. The third kappa shape index (κ3) is 3.49. The highest BCUT2D eigenvalue weighted by molar-refractivity contribution is 5.68. The van der Waals surface area contributed by atoms with E-state index in [1.165, 1.54) is 17.7 Å². The topological polar surface area (TPSA) is 51.5 Å². The minimum Gasteiger partial charge on any atom is -0.497 e. The third-order valence-corrected chi connectivity index (χ3v) is 5.62. The number of aryl methyl sites for hydroxylation is 1. The Morgan fingerprint density at radius 3 is 2.73 bits per heavy atom. The molecule has 0 aliphatic heterocycles. The van der Waals surface area contributed by atoms with Crippen LogP contribution in [0.15, 0.2) is 54.6 Å². The number of nitrogens with zero attached hydrogens (tertiary/aromatic N) is 3. The fraction of sp³-hybridized carbons (Fsp3) is 0.250. The highest BCUT2D eigenvalue weighted by Gasteiger charge is 2.20. The van der Waals surface area contributed by atoms with Gasteiger partial charge in [0.1, 0.15) is 17.4 Å². The predicted molar refractivity (Wildman–Crippen MR) is 115 cm³/mol. The van der Waals surface area contributed by atoms with E-state index in [9.17, 15) is 4.39 Å². The van der Waals surface area contributed by atoms with Gasteiger partial charge in [-0.25, -0.2) is 9.37 Å². The SMILES string of the molecule is COc1cccc(-c2cc3nc4c(c(NCc5ccc(F)cc5)n3n2)CCCC4)c1. The molecule has 1 aliphatic carbocycles. The van der Waals surface area contributed by atoms with Gasteiger partial charge in [0.25, 0.3) is 0 Å². The van der Waals surface area contributed by atoms with Crippen LogP contribution in [-0.4, -0.2) is 21.7 Å². The van der Waals surface area contributed by atoms with Crippen LogP contribution in [0.2, 0.25) is 0 Å². The average molecular weight is 402 g/mol. The molecular formula is C24H23FN4O. The molecule has 2 aromatic carbocycles. The molecule has 2 heterocycles. The van der Waals surface area contributed by atoms with Crippen molar-refractivity contribution in [3.05, 3.63) is 77.2 Å². The lowest BCUT2D eigenvalue weighted by atomic mass is 9.96. The molecule has 0 saturated carbocycles. The van der Waals surface area contributed by atoms with Crippen molar-refractivity contribution in [1.29, 1.82) is 0 Å². The lowest BCUT2D eigenvalue weighted by molar-refractivity contribution is 0.415. The Bertz CT molecular complexity index is 1200. The lowest BCUT2D eigenvalue weighted by Crippen LogP contribution is -2.15. The van der Waals surface area contributed by atoms with E-state index in [1.54, 1.807) is 19.2 Å². The molecule has 0 amide bonds. The van der Waals surface area contributed by atoms with Gasteiger partial charge in [0.05, 0.1) is 12.8 Å². The zero-order valence-corrected chi connectivity index (χ0v) is 16.9. The van der Waals surface area contributed by atoms with Crippen molar-refractivity contribution in [2.24, 2.45) is 0 Å². The van der Waals surface area contributed by atoms with E-state index in [-0.39, 0.29) is 5.82 Å². The van der Waals surface area contributed by atoms with E-state index in [4.69, 9.17) is 14.8 Å². The summed E-state index contributed by atoms with van der Waals surface area (Å²) in [5.74, 6) is 1.55. The first-order chi connectivity index (χ1) is 14.7. The molecule has 0 saturated heterocycles. The zero-order chi connectivity index (χ0) is 20.5. The number of hydrogen-bond donors (Lipinski definition) is 1. The summed E-state index contributed by atoms with van der Waals surface area (Å²) >= 11 is 0. The Hall–Kier alpha value is -3.41. The van der Waals surface area contributed by atoms with Crippen LogP contribution in [0.5, 0.6) is 5.75 Å². The number of halogens is 1. The van der Waals surface area contributed by atoms with Gasteiger partial charge in [0.15, 0.2) is 5.65 Å². The normalized spacial score (nSPS) is 13.3. The van der Waals surface area contributed by atoms with Crippen molar-refractivity contribution in [3.8, 4) is 17.0 Å². The maximum Gasteiger partial charge on any atom is 0.158 e. The average Bonchev–Trinajstić information content (AvgIpc) is 3.21. The first-order valence-electron chi connectivity index (χ1n) is 10.3. The smallest absolute Gasteiger partial charge is 0.158 e. The number of anilines is 1. The number of hydrogen-bond acceptors (Lipinski definition) is 4. The standard InChI is InChI=1S/C24H23FN4O/c1-30-19-6-4-5-17(13-19)22-14-23-27-21-8-3-2-7-20(21)24(29(23)28-22)26-15-16-9-11-18(25)12-10-16/h4-6,9-14,26H,2-3,7-8,15H2,1H3. The van der Waals surface area contributed by atoms with Crippen molar-refractivity contribution in [3.63, 3.8) is 0 Å². The summed E-state index contributed by atoms with van der Waals surface area (Å²) in [5, 5.41) is 8.42. The van der Waals surface area contributed by atoms with Crippen LogP contribution in [0.25, 0.3) is 16.9 Å². The highest BCUT2D eigenvalue weighted by atomic mass is 19.1. The largest absolute Gasteiger partial charge is 0.497 e. The van der Waals surface area contributed by atoms with Gasteiger partial charge in [-0.2, -0.15) is 9.61 Å². The second-order valence-electron chi connectivity index (χ2n) is 7.60. The Balaban J connectivity index is 1.57. The summed E-state index contributed by atoms with van der Waals surface area (Å²) in [6.45, 7) is 0.597. The van der Waals surface area contributed by atoms with Crippen molar-refractivity contribution in [2.75, 3.05) is 12.4 Å². The molecule has 152 valence electrons. The van der Waals surface area contributed by atoms with Crippen molar-refractivity contribution in [2.45, 2.75) is 32.2 Å². The molecule has 30 heavy (non-hydrogen) atoms. The van der Waals surface area contributed by atoms with E-state index >= 15 is 0 Å². The van der Waals surface area contributed by atoms with Gasteiger partial charge < -0.3 is 10.1 Å². The molecule has 5 nitrogen and oxygen atoms in total. The Morgan fingerprint density at radius 1 is 1.07 bits per heavy atom. The number of aromatic nitrogens is 3. The molecule has 0 atom stereocenters. The van der Waals surface area contributed by atoms with E-state index in [0.717, 1.165) is 65.4 Å². The number of methoxy groups -OCH3 is 1. The maximum atomic E-state index is 13.2. The molecule has 1 aliphatic rings. The number of ether oxygens (including phenoxy) is 1. The second kappa shape index (κ2) is 7.78. The summed E-state index contributed by atoms with van der Waals surface area (Å²) in [5.41, 5.74) is 6.07. The third-order valence-electron chi connectivity index (χ3n) is 5.62. The fourth-order valence-electron chi connectivity index (χ4n) is 4.04. The van der Waals surface area contributed by atoms with E-state index < -0.39 is 0 Å². The minimum absolute atomic E-state index is 0.225. The molecule has 4 aromatic rings. The quantitative estimate of drug-likeness (QED) is 0.508. The lowest BCUT2D eigenvalue weighted by Gasteiger charge is -2.20. The summed E-state index contributed by atoms with van der Waals surface area (Å²) in [7, 11) is 1.66. The van der Waals surface area contributed by atoms with Crippen LogP contribution >= 0.6 is 0 Å². The van der Waals surface area contributed by atoms with Crippen LogP contribution < -0.4 is 10.1 Å². The Kier molecular flexibility index (Phi) is 4.83. The van der Waals surface area contributed by atoms with Crippen molar-refractivity contribution in [1.82, 2.24) is 14.6 Å². The molecule has 0 spiro atoms. The number of nitrogens with one attached hydrogen (secondary N) is 1. The van der Waals surface area contributed by atoms with Crippen LogP contribution in [0.1, 0.15) is 29.7 Å². The molecule has 0 radical (unpaired) electrons. The Morgan fingerprint density at radius 2 is 1.90 bits per heavy atom. The Labute approximate surface area is 174 Å². The van der Waals surface area contributed by atoms with Crippen molar-refractivity contribution < 1.29 is 9.13 Å². The van der Waals surface area contributed by atoms with Crippen molar-refractivity contribution >= 4 is 11.5 Å². The maximum absolute atomic E-state index is 13.2. The summed E-state index contributed by atoms with van der Waals surface area (Å²) in [4.78, 5) is 4.91. The molecule has 5 rings (SSSR count). The molecular weight excluding hydrogens is 379 g/mol. The molecule has 0 fully saturated rings. The molecule has 6 heteroatoms. The van der Waals surface area contributed by atoms with Gasteiger partial charge in [-0.1, -0.05) is 24.3 Å². The number of fused-ring (bicyclic) bond motifs is 2. The van der Waals surface area contributed by atoms with Crippen LogP contribution in [-0.2, 0) is 19.4 Å². The van der Waals surface area contributed by atoms with E-state index in [1.807, 2.05) is 34.8 Å². The van der Waals surface area contributed by atoms with Crippen LogP contribution in [0.3, 0.4) is 0 Å². The molecule has 2 aromatic heterocycles. The molecule has 1 N–H and O–H groups in total. The van der Waals surface area contributed by atoms with Gasteiger partial charge >= 0.3 is 0 Å². The molecule has 0 bridgehead atoms. The van der Waals surface area contributed by atoms with Gasteiger partial charge in [0.2, 0.25) is 0 Å². The van der Waals surface area contributed by atoms with E-state index in [0.29, 0.717) is 6.54 Å². The number of rotatable bonds is 5. The van der Waals surface area contributed by atoms with E-state index in [2.05, 4.69) is 5.32 Å². The van der Waals surface area contributed by atoms with Gasteiger partial charge in [-0.05, 0) is 55.5 Å². The van der Waals surface area contributed by atoms with Gasteiger partial charge in [0, 0.05) is 29.4 Å². The highest BCUT2D eigenvalue weighted by Crippen LogP contribution is 2.31. The monoisotopic (exact) mass is 402 g/mol. The zero-order valence-electron chi connectivity index (χ0n) is 16.9. The number of benzene rings is 2. The minimum atomic E-state index is -0.225.